The maximum Gasteiger partial charge on any atom is 0.0996 e. The van der Waals surface area contributed by atoms with E-state index >= 15 is 0 Å². The van der Waals surface area contributed by atoms with E-state index in [-0.39, 0.29) is 6.10 Å². The Bertz CT molecular complexity index is 307. The van der Waals surface area contributed by atoms with Crippen molar-refractivity contribution in [3.05, 3.63) is 16.4 Å². The van der Waals surface area contributed by atoms with Crippen molar-refractivity contribution in [3.63, 3.8) is 0 Å². The predicted molar refractivity (Wildman–Crippen MR) is 53.3 cm³/mol. The minimum absolute atomic E-state index is 0.336. The van der Waals surface area contributed by atoms with Gasteiger partial charge in [-0.1, -0.05) is 0 Å². The van der Waals surface area contributed by atoms with Crippen LogP contribution in [0.1, 0.15) is 31.6 Å². The summed E-state index contributed by atoms with van der Waals surface area (Å²) in [5.41, 5.74) is 0.935. The number of nitrogens with zero attached hydrogens (tertiary/aromatic N) is 2. The molecule has 1 fully saturated rings. The monoisotopic (exact) mass is 244 g/mol. The van der Waals surface area contributed by atoms with Crippen LogP contribution in [0.15, 0.2) is 10.7 Å². The number of rotatable bonds is 3. The zero-order valence-corrected chi connectivity index (χ0v) is 9.16. The molecule has 0 bridgehead atoms. The lowest BCUT2D eigenvalue weighted by atomic mass is 10.1. The van der Waals surface area contributed by atoms with Gasteiger partial charge in [-0.25, -0.2) is 0 Å². The SMILES string of the molecule is CCn1ncc(Br)c1C(O)C1CC1. The van der Waals surface area contributed by atoms with E-state index in [2.05, 4.69) is 21.0 Å². The molecule has 1 heterocycles. The summed E-state index contributed by atoms with van der Waals surface area (Å²) in [7, 11) is 0. The molecule has 1 aliphatic rings. The van der Waals surface area contributed by atoms with E-state index in [9.17, 15) is 5.11 Å². The number of hydrogen-bond donors (Lipinski definition) is 1. The Kier molecular flexibility index (Phi) is 2.43. The van der Waals surface area contributed by atoms with Crippen LogP contribution in [0.3, 0.4) is 0 Å². The van der Waals surface area contributed by atoms with Crippen molar-refractivity contribution in [1.82, 2.24) is 9.78 Å². The first-order valence-electron chi connectivity index (χ1n) is 4.63. The van der Waals surface area contributed by atoms with Crippen molar-refractivity contribution >= 4 is 15.9 Å². The quantitative estimate of drug-likeness (QED) is 0.885. The molecule has 0 spiro atoms. The zero-order chi connectivity index (χ0) is 9.42. The highest BCUT2D eigenvalue weighted by Gasteiger charge is 2.33. The molecule has 1 atom stereocenters. The maximum atomic E-state index is 9.95. The molecule has 1 aromatic heterocycles. The Labute approximate surface area is 85.9 Å². The molecular formula is C9H13BrN2O. The molecule has 2 rings (SSSR count). The van der Waals surface area contributed by atoms with Crippen LogP contribution in [-0.4, -0.2) is 14.9 Å². The number of hydrogen-bond acceptors (Lipinski definition) is 2. The second-order valence-corrected chi connectivity index (χ2v) is 4.33. The fourth-order valence-electron chi connectivity index (χ4n) is 1.55. The molecule has 1 N–H and O–H groups in total. The van der Waals surface area contributed by atoms with Gasteiger partial charge in [0.25, 0.3) is 0 Å². The molecule has 13 heavy (non-hydrogen) atoms. The van der Waals surface area contributed by atoms with Crippen molar-refractivity contribution in [2.45, 2.75) is 32.4 Å². The van der Waals surface area contributed by atoms with Gasteiger partial charge >= 0.3 is 0 Å². The van der Waals surface area contributed by atoms with Gasteiger partial charge in [-0.05, 0) is 41.6 Å². The summed E-state index contributed by atoms with van der Waals surface area (Å²) in [5, 5.41) is 14.1. The van der Waals surface area contributed by atoms with E-state index in [0.717, 1.165) is 29.6 Å². The van der Waals surface area contributed by atoms with Gasteiger partial charge in [-0.2, -0.15) is 5.10 Å². The Morgan fingerprint density at radius 1 is 1.77 bits per heavy atom. The summed E-state index contributed by atoms with van der Waals surface area (Å²) in [5.74, 6) is 0.457. The number of aliphatic hydroxyl groups excluding tert-OH is 1. The Hall–Kier alpha value is -0.350. The summed E-state index contributed by atoms with van der Waals surface area (Å²) >= 11 is 3.41. The normalized spacial score (nSPS) is 19.0. The lowest BCUT2D eigenvalue weighted by Gasteiger charge is -2.11. The highest BCUT2D eigenvalue weighted by atomic mass is 79.9. The first-order valence-corrected chi connectivity index (χ1v) is 5.42. The number of halogens is 1. The number of aliphatic hydroxyl groups is 1. The Morgan fingerprint density at radius 2 is 2.46 bits per heavy atom. The minimum Gasteiger partial charge on any atom is -0.386 e. The second kappa shape index (κ2) is 3.42. The van der Waals surface area contributed by atoms with Crippen LogP contribution in [-0.2, 0) is 6.54 Å². The van der Waals surface area contributed by atoms with Gasteiger partial charge in [0.2, 0.25) is 0 Å². The lowest BCUT2D eigenvalue weighted by molar-refractivity contribution is 0.142. The van der Waals surface area contributed by atoms with Crippen molar-refractivity contribution in [3.8, 4) is 0 Å². The number of aryl methyl sites for hydroxylation is 1. The Morgan fingerprint density at radius 3 is 3.00 bits per heavy atom. The third kappa shape index (κ3) is 1.65. The molecule has 1 aliphatic carbocycles. The third-order valence-electron chi connectivity index (χ3n) is 2.48. The van der Waals surface area contributed by atoms with Gasteiger partial charge < -0.3 is 5.11 Å². The van der Waals surface area contributed by atoms with Crippen LogP contribution >= 0.6 is 15.9 Å². The first kappa shape index (κ1) is 9.21. The molecule has 0 aliphatic heterocycles. The topological polar surface area (TPSA) is 38.0 Å². The van der Waals surface area contributed by atoms with Gasteiger partial charge in [0.15, 0.2) is 0 Å². The number of aromatic nitrogens is 2. The summed E-state index contributed by atoms with van der Waals surface area (Å²) in [6.07, 6.45) is 3.70. The van der Waals surface area contributed by atoms with Crippen molar-refractivity contribution in [2.24, 2.45) is 5.92 Å². The van der Waals surface area contributed by atoms with Crippen LogP contribution in [0, 0.1) is 5.92 Å². The van der Waals surface area contributed by atoms with Crippen LogP contribution in [0.25, 0.3) is 0 Å². The highest BCUT2D eigenvalue weighted by Crippen LogP contribution is 2.42. The van der Waals surface area contributed by atoms with E-state index < -0.39 is 0 Å². The van der Waals surface area contributed by atoms with Crippen LogP contribution in [0.4, 0.5) is 0 Å². The minimum atomic E-state index is -0.336. The molecule has 1 saturated carbocycles. The van der Waals surface area contributed by atoms with Crippen molar-refractivity contribution in [1.29, 1.82) is 0 Å². The van der Waals surface area contributed by atoms with Gasteiger partial charge in [-0.3, -0.25) is 4.68 Å². The zero-order valence-electron chi connectivity index (χ0n) is 7.57. The van der Waals surface area contributed by atoms with Crippen LogP contribution in [0.2, 0.25) is 0 Å². The highest BCUT2D eigenvalue weighted by molar-refractivity contribution is 9.10. The van der Waals surface area contributed by atoms with E-state index in [1.165, 1.54) is 0 Å². The molecule has 0 saturated heterocycles. The summed E-state index contributed by atoms with van der Waals surface area (Å²) < 4.78 is 2.78. The average molecular weight is 245 g/mol. The molecule has 0 radical (unpaired) electrons. The fourth-order valence-corrected chi connectivity index (χ4v) is 2.08. The predicted octanol–water partition coefficient (Wildman–Crippen LogP) is 2.11. The first-order chi connectivity index (χ1) is 6.24. The summed E-state index contributed by atoms with van der Waals surface area (Å²) in [6, 6.07) is 0. The molecular weight excluding hydrogens is 232 g/mol. The van der Waals surface area contributed by atoms with Gasteiger partial charge in [-0.15, -0.1) is 0 Å². The lowest BCUT2D eigenvalue weighted by Crippen LogP contribution is -2.09. The fraction of sp³-hybridized carbons (Fsp3) is 0.667. The van der Waals surface area contributed by atoms with Gasteiger partial charge in [0.05, 0.1) is 22.5 Å². The van der Waals surface area contributed by atoms with Gasteiger partial charge in [0.1, 0.15) is 0 Å². The summed E-state index contributed by atoms with van der Waals surface area (Å²) in [4.78, 5) is 0. The second-order valence-electron chi connectivity index (χ2n) is 3.48. The van der Waals surface area contributed by atoms with E-state index in [0.29, 0.717) is 5.92 Å². The van der Waals surface area contributed by atoms with E-state index in [4.69, 9.17) is 0 Å². The van der Waals surface area contributed by atoms with Crippen LogP contribution in [0.5, 0.6) is 0 Å². The molecule has 72 valence electrons. The van der Waals surface area contributed by atoms with Crippen molar-refractivity contribution < 1.29 is 5.11 Å². The van der Waals surface area contributed by atoms with Gasteiger partial charge in [0, 0.05) is 6.54 Å². The largest absolute Gasteiger partial charge is 0.386 e. The molecule has 0 amide bonds. The maximum absolute atomic E-state index is 9.95. The molecule has 1 aromatic rings. The molecule has 4 heteroatoms. The smallest absolute Gasteiger partial charge is 0.0996 e. The van der Waals surface area contributed by atoms with E-state index in [1.807, 2.05) is 11.6 Å². The Balaban J connectivity index is 2.29. The van der Waals surface area contributed by atoms with Crippen molar-refractivity contribution in [2.75, 3.05) is 0 Å². The van der Waals surface area contributed by atoms with Crippen LogP contribution < -0.4 is 0 Å². The molecule has 1 unspecified atom stereocenters. The molecule has 0 aromatic carbocycles. The average Bonchev–Trinajstić information content (AvgIpc) is 2.89. The third-order valence-corrected chi connectivity index (χ3v) is 3.09. The summed E-state index contributed by atoms with van der Waals surface area (Å²) in [6.45, 7) is 2.84. The molecule has 3 nitrogen and oxygen atoms in total. The standard InChI is InChI=1S/C9H13BrN2O/c1-2-12-8(7(10)5-11-12)9(13)6-3-4-6/h5-6,9,13H,2-4H2,1H3. The van der Waals surface area contributed by atoms with E-state index in [1.54, 1.807) is 6.20 Å².